The molecule has 0 atom stereocenters. The molecule has 0 fully saturated rings. The van der Waals surface area contributed by atoms with Gasteiger partial charge in [-0.1, -0.05) is 32.0 Å². The Bertz CT molecular complexity index is 885. The predicted octanol–water partition coefficient (Wildman–Crippen LogP) is 5.02. The highest BCUT2D eigenvalue weighted by molar-refractivity contribution is 5.64. The fourth-order valence-electron chi connectivity index (χ4n) is 3.60. The van der Waals surface area contributed by atoms with Crippen molar-refractivity contribution in [1.82, 2.24) is 4.57 Å². The Morgan fingerprint density at radius 3 is 2.33 bits per heavy atom. The maximum atomic E-state index is 2.41. The Morgan fingerprint density at radius 1 is 0.958 bits per heavy atom. The summed E-state index contributed by atoms with van der Waals surface area (Å²) in [6.45, 7) is 11.1. The van der Waals surface area contributed by atoms with Gasteiger partial charge in [-0.25, -0.2) is 0 Å². The minimum atomic E-state index is 0.489. The summed E-state index contributed by atoms with van der Waals surface area (Å²) in [6, 6.07) is 15.5. The third-order valence-corrected chi connectivity index (χ3v) is 4.70. The first-order chi connectivity index (χ1) is 11.4. The SMILES string of the molecule is Cc1ccc(-c2c(C)cc(C)n2-c2ccccc2C(C)C)[n+](C)c1. The molecule has 0 bridgehead atoms. The molecule has 0 aliphatic carbocycles. The van der Waals surface area contributed by atoms with E-state index < -0.39 is 0 Å². The molecular weight excluding hydrogens is 292 g/mol. The van der Waals surface area contributed by atoms with Gasteiger partial charge < -0.3 is 4.57 Å². The lowest BCUT2D eigenvalue weighted by Gasteiger charge is -2.18. The van der Waals surface area contributed by atoms with Gasteiger partial charge in [0.2, 0.25) is 5.69 Å². The monoisotopic (exact) mass is 319 g/mol. The molecule has 0 aliphatic heterocycles. The first-order valence-corrected chi connectivity index (χ1v) is 8.65. The Morgan fingerprint density at radius 2 is 1.67 bits per heavy atom. The van der Waals surface area contributed by atoms with E-state index in [-0.39, 0.29) is 0 Å². The average molecular weight is 319 g/mol. The van der Waals surface area contributed by atoms with Crippen LogP contribution in [0.2, 0.25) is 0 Å². The van der Waals surface area contributed by atoms with Crippen molar-refractivity contribution in [3.05, 3.63) is 71.0 Å². The number of hydrogen-bond acceptors (Lipinski definition) is 0. The van der Waals surface area contributed by atoms with Crippen LogP contribution in [-0.2, 0) is 7.05 Å². The summed E-state index contributed by atoms with van der Waals surface area (Å²) >= 11 is 0. The van der Waals surface area contributed by atoms with Crippen molar-refractivity contribution >= 4 is 0 Å². The molecule has 24 heavy (non-hydrogen) atoms. The van der Waals surface area contributed by atoms with Gasteiger partial charge in [0.15, 0.2) is 6.20 Å². The summed E-state index contributed by atoms with van der Waals surface area (Å²) in [5, 5.41) is 0. The Kier molecular flexibility index (Phi) is 4.31. The number of aromatic nitrogens is 2. The predicted molar refractivity (Wildman–Crippen MR) is 101 cm³/mol. The smallest absolute Gasteiger partial charge is 0.229 e. The third kappa shape index (κ3) is 2.77. The van der Waals surface area contributed by atoms with Gasteiger partial charge in [0, 0.05) is 23.0 Å². The highest BCUT2D eigenvalue weighted by atomic mass is 15.0. The lowest BCUT2D eigenvalue weighted by molar-refractivity contribution is -0.660. The summed E-state index contributed by atoms with van der Waals surface area (Å²) in [5.74, 6) is 0.489. The summed E-state index contributed by atoms with van der Waals surface area (Å²) in [7, 11) is 2.13. The normalized spacial score (nSPS) is 11.3. The van der Waals surface area contributed by atoms with Crippen molar-refractivity contribution in [2.45, 2.75) is 40.5 Å². The number of nitrogens with zero attached hydrogens (tertiary/aromatic N) is 2. The molecule has 0 amide bonds. The summed E-state index contributed by atoms with van der Waals surface area (Å²) in [4.78, 5) is 0. The van der Waals surface area contributed by atoms with E-state index in [0.29, 0.717) is 5.92 Å². The van der Waals surface area contributed by atoms with Crippen LogP contribution in [0.25, 0.3) is 17.1 Å². The second-order valence-corrected chi connectivity index (χ2v) is 7.07. The fraction of sp³-hybridized carbons (Fsp3) is 0.318. The van der Waals surface area contributed by atoms with Crippen LogP contribution in [0.1, 0.15) is 42.1 Å². The standard InChI is InChI=1S/C22H27N2/c1-15(2)19-9-7-8-10-20(19)24-18(5)13-17(4)22(24)21-12-11-16(3)14-23(21)6/h7-15H,1-6H3/q+1. The van der Waals surface area contributed by atoms with E-state index in [1.54, 1.807) is 0 Å². The zero-order valence-corrected chi connectivity index (χ0v) is 15.6. The van der Waals surface area contributed by atoms with Gasteiger partial charge in [-0.05, 0) is 56.0 Å². The van der Waals surface area contributed by atoms with Gasteiger partial charge in [-0.15, -0.1) is 0 Å². The van der Waals surface area contributed by atoms with Crippen molar-refractivity contribution < 1.29 is 4.57 Å². The maximum absolute atomic E-state index is 2.41. The van der Waals surface area contributed by atoms with E-state index in [0.717, 1.165) is 0 Å². The van der Waals surface area contributed by atoms with Crippen LogP contribution in [0.3, 0.4) is 0 Å². The zero-order chi connectivity index (χ0) is 17.4. The Labute approximate surface area is 145 Å². The minimum Gasteiger partial charge on any atom is -0.308 e. The summed E-state index contributed by atoms with van der Waals surface area (Å²) < 4.78 is 4.64. The topological polar surface area (TPSA) is 8.81 Å². The molecule has 0 radical (unpaired) electrons. The van der Waals surface area contributed by atoms with Crippen molar-refractivity contribution in [1.29, 1.82) is 0 Å². The first-order valence-electron chi connectivity index (χ1n) is 8.65. The van der Waals surface area contributed by atoms with E-state index in [4.69, 9.17) is 0 Å². The lowest BCUT2D eigenvalue weighted by atomic mass is 10.0. The van der Waals surface area contributed by atoms with E-state index in [1.165, 1.54) is 39.5 Å². The van der Waals surface area contributed by atoms with Crippen LogP contribution in [0.5, 0.6) is 0 Å². The number of aryl methyl sites for hydroxylation is 4. The lowest BCUT2D eigenvalue weighted by Crippen LogP contribution is -2.31. The molecule has 124 valence electrons. The molecule has 0 spiro atoms. The number of para-hydroxylation sites is 1. The van der Waals surface area contributed by atoms with Gasteiger partial charge in [0.05, 0.1) is 0 Å². The quantitative estimate of drug-likeness (QED) is 0.600. The molecule has 0 aliphatic rings. The molecule has 3 rings (SSSR count). The zero-order valence-electron chi connectivity index (χ0n) is 15.6. The van der Waals surface area contributed by atoms with Crippen LogP contribution in [0.15, 0.2) is 48.7 Å². The number of rotatable bonds is 3. The molecular formula is C22H27N2+. The van der Waals surface area contributed by atoms with Crippen molar-refractivity contribution in [3.8, 4) is 17.1 Å². The Balaban J connectivity index is 2.32. The third-order valence-electron chi connectivity index (χ3n) is 4.70. The number of pyridine rings is 1. The molecule has 0 N–H and O–H groups in total. The maximum Gasteiger partial charge on any atom is 0.229 e. The molecule has 2 nitrogen and oxygen atoms in total. The highest BCUT2D eigenvalue weighted by Gasteiger charge is 2.22. The van der Waals surface area contributed by atoms with E-state index in [2.05, 4.69) is 99.5 Å². The molecule has 0 unspecified atom stereocenters. The molecule has 2 heteroatoms. The average Bonchev–Trinajstić information content (AvgIpc) is 2.81. The molecule has 0 saturated carbocycles. The second-order valence-electron chi connectivity index (χ2n) is 7.07. The molecule has 1 aromatic carbocycles. The van der Waals surface area contributed by atoms with Crippen molar-refractivity contribution in [3.63, 3.8) is 0 Å². The molecule has 0 saturated heterocycles. The Hall–Kier alpha value is -2.35. The number of benzene rings is 1. The van der Waals surface area contributed by atoms with Crippen LogP contribution in [0.4, 0.5) is 0 Å². The number of hydrogen-bond donors (Lipinski definition) is 0. The van der Waals surface area contributed by atoms with Gasteiger partial charge in [0.1, 0.15) is 12.7 Å². The fourth-order valence-corrected chi connectivity index (χ4v) is 3.60. The first kappa shape index (κ1) is 16.5. The van der Waals surface area contributed by atoms with Crippen molar-refractivity contribution in [2.75, 3.05) is 0 Å². The molecule has 2 heterocycles. The van der Waals surface area contributed by atoms with Gasteiger partial charge in [-0.3, -0.25) is 0 Å². The highest BCUT2D eigenvalue weighted by Crippen LogP contribution is 2.32. The second kappa shape index (κ2) is 6.27. The summed E-state index contributed by atoms with van der Waals surface area (Å²) in [5.41, 5.74) is 9.05. The van der Waals surface area contributed by atoms with Crippen LogP contribution in [-0.4, -0.2) is 4.57 Å². The largest absolute Gasteiger partial charge is 0.308 e. The van der Waals surface area contributed by atoms with Gasteiger partial charge >= 0.3 is 0 Å². The molecule has 3 aromatic rings. The van der Waals surface area contributed by atoms with Crippen LogP contribution >= 0.6 is 0 Å². The van der Waals surface area contributed by atoms with Gasteiger partial charge in [-0.2, -0.15) is 4.57 Å². The van der Waals surface area contributed by atoms with Crippen molar-refractivity contribution in [2.24, 2.45) is 7.05 Å². The van der Waals surface area contributed by atoms with Gasteiger partial charge in [0.25, 0.3) is 0 Å². The van der Waals surface area contributed by atoms with E-state index >= 15 is 0 Å². The van der Waals surface area contributed by atoms with Crippen LogP contribution in [0, 0.1) is 20.8 Å². The minimum absolute atomic E-state index is 0.489. The van der Waals surface area contributed by atoms with E-state index in [9.17, 15) is 0 Å². The molecule has 2 aromatic heterocycles. The summed E-state index contributed by atoms with van der Waals surface area (Å²) in [6.07, 6.45) is 2.19. The van der Waals surface area contributed by atoms with E-state index in [1.807, 2.05) is 0 Å². The van der Waals surface area contributed by atoms with Crippen LogP contribution < -0.4 is 4.57 Å².